The van der Waals surface area contributed by atoms with E-state index < -0.39 is 50.6 Å². The zero-order chi connectivity index (χ0) is 20.3. The van der Waals surface area contributed by atoms with Crippen LogP contribution in [0.15, 0.2) is 29.2 Å². The molecule has 0 aliphatic carbocycles. The maximum Gasteiger partial charge on any atom is 0.501 e. The van der Waals surface area contributed by atoms with E-state index >= 15 is 0 Å². The molecule has 0 fully saturated rings. The number of amides is 2. The van der Waals surface area contributed by atoms with Crippen LogP contribution in [0.1, 0.15) is 18.5 Å². The summed E-state index contributed by atoms with van der Waals surface area (Å²) in [6, 6.07) is 1.86. The van der Waals surface area contributed by atoms with Gasteiger partial charge in [-0.15, -0.1) is 0 Å². The fourth-order valence-corrected chi connectivity index (χ4v) is 2.72. The fourth-order valence-electron chi connectivity index (χ4n) is 1.95. The van der Waals surface area contributed by atoms with E-state index in [4.69, 9.17) is 5.11 Å². The fraction of sp³-hybridized carbons (Fsp3) is 0.357. The number of hydrogen-bond donors (Lipinski definition) is 2. The number of likely N-dealkylation sites (N-methyl/N-ethyl adjacent to an activating group) is 1. The molecule has 1 unspecified atom stereocenters. The van der Waals surface area contributed by atoms with Crippen LogP contribution >= 0.6 is 0 Å². The van der Waals surface area contributed by atoms with Gasteiger partial charge < -0.3 is 15.3 Å². The zero-order valence-electron chi connectivity index (χ0n) is 13.6. The lowest BCUT2D eigenvalue weighted by Crippen LogP contribution is -2.42. The lowest BCUT2D eigenvalue weighted by atomic mass is 10.0. The molecule has 0 spiro atoms. The van der Waals surface area contributed by atoms with Gasteiger partial charge in [-0.05, 0) is 17.7 Å². The Morgan fingerprint density at radius 3 is 2.08 bits per heavy atom. The Hall–Kier alpha value is -2.63. The molecule has 12 heteroatoms. The molecule has 0 aliphatic heterocycles. The highest BCUT2D eigenvalue weighted by molar-refractivity contribution is 7.92. The quantitative estimate of drug-likeness (QED) is 0.730. The van der Waals surface area contributed by atoms with Gasteiger partial charge in [0.25, 0.3) is 9.84 Å². The summed E-state index contributed by atoms with van der Waals surface area (Å²) in [4.78, 5) is 34.2. The largest absolute Gasteiger partial charge is 0.501 e. The Morgan fingerprint density at radius 2 is 1.69 bits per heavy atom. The number of rotatable bonds is 6. The van der Waals surface area contributed by atoms with Crippen LogP contribution in [0.5, 0.6) is 0 Å². The lowest BCUT2D eigenvalue weighted by Gasteiger charge is -2.26. The second-order valence-electron chi connectivity index (χ2n) is 5.16. The third-order valence-corrected chi connectivity index (χ3v) is 4.86. The molecule has 0 bridgehead atoms. The van der Waals surface area contributed by atoms with Gasteiger partial charge in [0.15, 0.2) is 0 Å². The number of halogens is 3. The number of benzene rings is 1. The number of carbonyl (C=O) groups excluding carboxylic acids is 2. The molecule has 1 aromatic carbocycles. The molecule has 8 nitrogen and oxygen atoms in total. The van der Waals surface area contributed by atoms with Gasteiger partial charge in [0, 0.05) is 14.0 Å². The Balaban J connectivity index is 3.26. The Morgan fingerprint density at radius 1 is 1.19 bits per heavy atom. The number of sulfone groups is 1. The van der Waals surface area contributed by atoms with Crippen LogP contribution in [0.3, 0.4) is 0 Å². The van der Waals surface area contributed by atoms with Gasteiger partial charge in [0.1, 0.15) is 12.6 Å². The molecule has 0 radical (unpaired) electrons. The van der Waals surface area contributed by atoms with E-state index in [0.717, 1.165) is 24.0 Å². The number of nitrogens with one attached hydrogen (secondary N) is 1. The van der Waals surface area contributed by atoms with Crippen molar-refractivity contribution >= 4 is 27.6 Å². The van der Waals surface area contributed by atoms with E-state index in [2.05, 4.69) is 5.32 Å². The molecule has 0 aliphatic rings. The molecule has 0 heterocycles. The number of alkyl halides is 3. The van der Waals surface area contributed by atoms with Crippen LogP contribution in [0, 0.1) is 0 Å². The highest BCUT2D eigenvalue weighted by Crippen LogP contribution is 2.31. The molecule has 1 rings (SSSR count). The van der Waals surface area contributed by atoms with Crippen molar-refractivity contribution < 1.29 is 41.1 Å². The average Bonchev–Trinajstić information content (AvgIpc) is 2.52. The van der Waals surface area contributed by atoms with Crippen LogP contribution in [0.25, 0.3) is 0 Å². The molecule has 2 amide bonds. The third-order valence-electron chi connectivity index (χ3n) is 3.36. The van der Waals surface area contributed by atoms with Crippen molar-refractivity contribution in [2.45, 2.75) is 23.4 Å². The summed E-state index contributed by atoms with van der Waals surface area (Å²) in [5, 5.41) is 10.7. The molecule has 1 atom stereocenters. The standard InChI is InChI=1S/C14H15F3N2O6S/c1-8(20)19(2)12(13(23)18-7-11(21)22)9-3-5-10(6-4-9)26(24,25)14(15,16)17/h3-6,12H,7H2,1-2H3,(H,18,23)(H,21,22). The molecular weight excluding hydrogens is 381 g/mol. The summed E-state index contributed by atoms with van der Waals surface area (Å²) in [5.41, 5.74) is -5.48. The van der Waals surface area contributed by atoms with E-state index in [1.165, 1.54) is 7.05 Å². The number of carboxylic acids is 1. The number of carbonyl (C=O) groups is 3. The molecule has 26 heavy (non-hydrogen) atoms. The predicted octanol–water partition coefficient (Wildman–Crippen LogP) is 0.700. The molecular formula is C14H15F3N2O6S. The molecule has 144 valence electrons. The monoisotopic (exact) mass is 396 g/mol. The van der Waals surface area contributed by atoms with Crippen LogP contribution < -0.4 is 5.32 Å². The first kappa shape index (κ1) is 21.4. The topological polar surface area (TPSA) is 121 Å². The Labute approximate surface area is 146 Å². The van der Waals surface area contributed by atoms with Crippen molar-refractivity contribution in [3.8, 4) is 0 Å². The summed E-state index contributed by atoms with van der Waals surface area (Å²) in [5.74, 6) is -2.81. The van der Waals surface area contributed by atoms with Crippen molar-refractivity contribution in [2.75, 3.05) is 13.6 Å². The number of hydrogen-bond acceptors (Lipinski definition) is 5. The van der Waals surface area contributed by atoms with Gasteiger partial charge in [-0.3, -0.25) is 14.4 Å². The molecule has 2 N–H and O–H groups in total. The van der Waals surface area contributed by atoms with Crippen molar-refractivity contribution in [1.29, 1.82) is 0 Å². The Kier molecular flexibility index (Phi) is 6.36. The van der Waals surface area contributed by atoms with Crippen molar-refractivity contribution in [1.82, 2.24) is 10.2 Å². The van der Waals surface area contributed by atoms with Crippen LogP contribution in [0.4, 0.5) is 13.2 Å². The first-order chi connectivity index (χ1) is 11.8. The van der Waals surface area contributed by atoms with Crippen LogP contribution in [-0.2, 0) is 24.2 Å². The highest BCUT2D eigenvalue weighted by Gasteiger charge is 2.46. The smallest absolute Gasteiger partial charge is 0.480 e. The lowest BCUT2D eigenvalue weighted by molar-refractivity contribution is -0.140. The first-order valence-corrected chi connectivity index (χ1v) is 8.41. The van der Waals surface area contributed by atoms with Crippen molar-refractivity contribution in [3.05, 3.63) is 29.8 Å². The summed E-state index contributed by atoms with van der Waals surface area (Å²) >= 11 is 0. The normalized spacial score (nSPS) is 13.0. The number of carboxylic acid groups (broad SMARTS) is 1. The summed E-state index contributed by atoms with van der Waals surface area (Å²) in [6.07, 6.45) is 0. The Bertz CT molecular complexity index is 805. The van der Waals surface area contributed by atoms with Gasteiger partial charge in [0.05, 0.1) is 4.90 Å². The van der Waals surface area contributed by atoms with Gasteiger partial charge in [-0.25, -0.2) is 8.42 Å². The zero-order valence-corrected chi connectivity index (χ0v) is 14.4. The minimum Gasteiger partial charge on any atom is -0.480 e. The van der Waals surface area contributed by atoms with E-state index in [-0.39, 0.29) is 5.56 Å². The average molecular weight is 396 g/mol. The minimum absolute atomic E-state index is 0.00622. The van der Waals surface area contributed by atoms with Gasteiger partial charge >= 0.3 is 11.5 Å². The highest BCUT2D eigenvalue weighted by atomic mass is 32.2. The molecule has 0 aromatic heterocycles. The summed E-state index contributed by atoms with van der Waals surface area (Å²) in [6.45, 7) is 0.390. The summed E-state index contributed by atoms with van der Waals surface area (Å²) < 4.78 is 60.4. The summed E-state index contributed by atoms with van der Waals surface area (Å²) in [7, 11) is -4.33. The van der Waals surface area contributed by atoms with Crippen molar-refractivity contribution in [2.24, 2.45) is 0 Å². The third kappa shape index (κ3) is 4.71. The predicted molar refractivity (Wildman–Crippen MR) is 81.5 cm³/mol. The number of nitrogens with zero attached hydrogens (tertiary/aromatic N) is 1. The molecule has 0 saturated carbocycles. The SMILES string of the molecule is CC(=O)N(C)C(C(=O)NCC(=O)O)c1ccc(S(=O)(=O)C(F)(F)F)cc1. The van der Waals surface area contributed by atoms with E-state index in [9.17, 15) is 36.0 Å². The first-order valence-electron chi connectivity index (χ1n) is 6.93. The van der Waals surface area contributed by atoms with Gasteiger partial charge in [-0.1, -0.05) is 12.1 Å². The van der Waals surface area contributed by atoms with Crippen LogP contribution in [-0.4, -0.2) is 55.3 Å². The van der Waals surface area contributed by atoms with Gasteiger partial charge in [-0.2, -0.15) is 13.2 Å². The maximum absolute atomic E-state index is 12.6. The second-order valence-corrected chi connectivity index (χ2v) is 7.10. The maximum atomic E-state index is 12.6. The molecule has 0 saturated heterocycles. The van der Waals surface area contributed by atoms with Crippen LogP contribution in [0.2, 0.25) is 0 Å². The van der Waals surface area contributed by atoms with Gasteiger partial charge in [0.2, 0.25) is 11.8 Å². The second kappa shape index (κ2) is 7.72. The minimum atomic E-state index is -5.56. The molecule has 1 aromatic rings. The van der Waals surface area contributed by atoms with E-state index in [0.29, 0.717) is 12.1 Å². The number of aliphatic carboxylic acids is 1. The van der Waals surface area contributed by atoms with E-state index in [1.54, 1.807) is 0 Å². The van der Waals surface area contributed by atoms with Crippen molar-refractivity contribution in [3.63, 3.8) is 0 Å². The van der Waals surface area contributed by atoms with E-state index in [1.807, 2.05) is 0 Å².